The largest absolute Gasteiger partial charge is 0.486 e. The van der Waals surface area contributed by atoms with Gasteiger partial charge in [0, 0.05) is 18.7 Å². The summed E-state index contributed by atoms with van der Waals surface area (Å²) in [7, 11) is 0. The molecule has 0 aliphatic carbocycles. The second kappa shape index (κ2) is 5.73. The number of H-pyrrole nitrogens is 1. The number of benzene rings is 1. The predicted octanol–water partition coefficient (Wildman–Crippen LogP) is 1.63. The second-order valence-electron chi connectivity index (χ2n) is 6.11. The molecule has 23 heavy (non-hydrogen) atoms. The molecule has 0 amide bonds. The fraction of sp³-hybridized carbons (Fsp3) is 0.500. The van der Waals surface area contributed by atoms with E-state index in [1.807, 2.05) is 12.1 Å². The zero-order valence-corrected chi connectivity index (χ0v) is 12.7. The molecule has 4 rings (SSSR count). The van der Waals surface area contributed by atoms with E-state index in [-0.39, 0.29) is 5.92 Å². The van der Waals surface area contributed by atoms with Crippen LogP contribution in [0.15, 0.2) is 12.1 Å². The number of imidazole rings is 1. The van der Waals surface area contributed by atoms with Crippen LogP contribution in [0.3, 0.4) is 0 Å². The molecule has 2 aliphatic rings. The van der Waals surface area contributed by atoms with Crippen molar-refractivity contribution in [3.63, 3.8) is 0 Å². The lowest BCUT2D eigenvalue weighted by molar-refractivity contribution is -0.143. The number of carboxylic acids is 1. The van der Waals surface area contributed by atoms with Gasteiger partial charge in [0.05, 0.1) is 23.5 Å². The van der Waals surface area contributed by atoms with Gasteiger partial charge in [-0.3, -0.25) is 9.69 Å². The summed E-state index contributed by atoms with van der Waals surface area (Å²) in [4.78, 5) is 21.2. The molecule has 1 fully saturated rings. The van der Waals surface area contributed by atoms with Crippen LogP contribution in [0.2, 0.25) is 0 Å². The number of carboxylic acid groups (broad SMARTS) is 1. The van der Waals surface area contributed by atoms with Crippen LogP contribution in [0.5, 0.6) is 11.5 Å². The van der Waals surface area contributed by atoms with Crippen molar-refractivity contribution in [1.29, 1.82) is 0 Å². The smallest absolute Gasteiger partial charge is 0.307 e. The minimum Gasteiger partial charge on any atom is -0.486 e. The number of nitrogens with one attached hydrogen (secondary N) is 1. The Hall–Kier alpha value is -2.28. The van der Waals surface area contributed by atoms with Crippen LogP contribution < -0.4 is 9.47 Å². The number of aliphatic carboxylic acids is 1. The van der Waals surface area contributed by atoms with E-state index in [4.69, 9.17) is 9.47 Å². The average Bonchev–Trinajstić information content (AvgIpc) is 2.93. The molecule has 1 aromatic carbocycles. The quantitative estimate of drug-likeness (QED) is 0.894. The topological polar surface area (TPSA) is 87.7 Å². The highest BCUT2D eigenvalue weighted by Gasteiger charge is 2.26. The van der Waals surface area contributed by atoms with E-state index in [1.54, 1.807) is 0 Å². The summed E-state index contributed by atoms with van der Waals surface area (Å²) < 4.78 is 11.2. The van der Waals surface area contributed by atoms with Crippen molar-refractivity contribution in [3.05, 3.63) is 18.0 Å². The van der Waals surface area contributed by atoms with Gasteiger partial charge in [-0.1, -0.05) is 0 Å². The maximum atomic E-state index is 11.2. The van der Waals surface area contributed by atoms with Crippen LogP contribution in [0.4, 0.5) is 0 Å². The SMILES string of the molecule is O=C(O)C1CCCN(Cc2nc3cc4c(cc3[nH]2)OCCO4)C1. The number of likely N-dealkylation sites (tertiary alicyclic amines) is 1. The summed E-state index contributed by atoms with van der Waals surface area (Å²) in [6.07, 6.45) is 1.67. The first-order valence-corrected chi connectivity index (χ1v) is 7.92. The molecule has 2 aliphatic heterocycles. The summed E-state index contributed by atoms with van der Waals surface area (Å²) in [6.45, 7) is 3.23. The van der Waals surface area contributed by atoms with E-state index in [0.29, 0.717) is 26.3 Å². The van der Waals surface area contributed by atoms with Crippen molar-refractivity contribution in [3.8, 4) is 11.5 Å². The van der Waals surface area contributed by atoms with Gasteiger partial charge in [-0.25, -0.2) is 4.98 Å². The predicted molar refractivity (Wildman–Crippen MR) is 82.7 cm³/mol. The molecular weight excluding hydrogens is 298 g/mol. The standard InChI is InChI=1S/C16H19N3O4/c20-16(21)10-2-1-3-19(8-10)9-15-17-11-6-13-14(7-12(11)18-15)23-5-4-22-13/h6-7,10H,1-5,8-9H2,(H,17,18)(H,20,21). The minimum atomic E-state index is -0.707. The average molecular weight is 317 g/mol. The lowest BCUT2D eigenvalue weighted by atomic mass is 9.98. The lowest BCUT2D eigenvalue weighted by Crippen LogP contribution is -2.38. The number of piperidine rings is 1. The van der Waals surface area contributed by atoms with Crippen molar-refractivity contribution >= 4 is 17.0 Å². The van der Waals surface area contributed by atoms with Gasteiger partial charge < -0.3 is 19.6 Å². The van der Waals surface area contributed by atoms with Gasteiger partial charge in [0.1, 0.15) is 19.0 Å². The molecule has 0 spiro atoms. The third-order valence-corrected chi connectivity index (χ3v) is 4.42. The number of hydrogen-bond acceptors (Lipinski definition) is 5. The molecular formula is C16H19N3O4. The van der Waals surface area contributed by atoms with Crippen molar-refractivity contribution < 1.29 is 19.4 Å². The maximum absolute atomic E-state index is 11.2. The summed E-state index contributed by atoms with van der Waals surface area (Å²) in [5, 5.41) is 9.18. The molecule has 2 N–H and O–H groups in total. The molecule has 2 aromatic rings. The van der Waals surface area contributed by atoms with Gasteiger partial charge in [0.25, 0.3) is 0 Å². The number of aromatic amines is 1. The number of nitrogens with zero attached hydrogens (tertiary/aromatic N) is 2. The molecule has 1 unspecified atom stereocenters. The normalized spacial score (nSPS) is 21.5. The third-order valence-electron chi connectivity index (χ3n) is 4.42. The fourth-order valence-electron chi connectivity index (χ4n) is 3.29. The first kappa shape index (κ1) is 14.3. The first-order chi connectivity index (χ1) is 11.2. The molecule has 0 radical (unpaired) electrons. The zero-order valence-electron chi connectivity index (χ0n) is 12.7. The van der Waals surface area contributed by atoms with Crippen LogP contribution in [-0.2, 0) is 11.3 Å². The van der Waals surface area contributed by atoms with Crippen molar-refractivity contribution in [1.82, 2.24) is 14.9 Å². The van der Waals surface area contributed by atoms with Gasteiger partial charge in [0.2, 0.25) is 0 Å². The van der Waals surface area contributed by atoms with Crippen LogP contribution in [0, 0.1) is 5.92 Å². The Morgan fingerprint density at radius 3 is 2.91 bits per heavy atom. The Morgan fingerprint density at radius 2 is 2.13 bits per heavy atom. The Labute approximate surface area is 133 Å². The van der Waals surface area contributed by atoms with Crippen LogP contribution >= 0.6 is 0 Å². The van der Waals surface area contributed by atoms with E-state index in [0.717, 1.165) is 47.7 Å². The van der Waals surface area contributed by atoms with Crippen LogP contribution in [0.25, 0.3) is 11.0 Å². The molecule has 1 aromatic heterocycles. The number of fused-ring (bicyclic) bond motifs is 2. The number of rotatable bonds is 3. The molecule has 1 atom stereocenters. The molecule has 7 heteroatoms. The highest BCUT2D eigenvalue weighted by Crippen LogP contribution is 2.33. The van der Waals surface area contributed by atoms with Crippen LogP contribution in [0.1, 0.15) is 18.7 Å². The summed E-state index contributed by atoms with van der Waals surface area (Å²) >= 11 is 0. The highest BCUT2D eigenvalue weighted by atomic mass is 16.6. The van der Waals surface area contributed by atoms with Gasteiger partial charge in [-0.05, 0) is 19.4 Å². The van der Waals surface area contributed by atoms with Gasteiger partial charge in [-0.15, -0.1) is 0 Å². The Morgan fingerprint density at radius 1 is 1.35 bits per heavy atom. The monoisotopic (exact) mass is 317 g/mol. The number of hydrogen-bond donors (Lipinski definition) is 2. The Kier molecular flexibility index (Phi) is 3.57. The molecule has 0 bridgehead atoms. The molecule has 0 saturated carbocycles. The van der Waals surface area contributed by atoms with E-state index in [9.17, 15) is 9.90 Å². The summed E-state index contributed by atoms with van der Waals surface area (Å²) in [5.74, 6) is 1.32. The zero-order chi connectivity index (χ0) is 15.8. The molecule has 122 valence electrons. The summed E-state index contributed by atoms with van der Waals surface area (Å²) in [6, 6.07) is 3.80. The number of aromatic nitrogens is 2. The van der Waals surface area contributed by atoms with Crippen molar-refractivity contribution in [2.24, 2.45) is 5.92 Å². The Balaban J connectivity index is 1.54. The maximum Gasteiger partial charge on any atom is 0.307 e. The van der Waals surface area contributed by atoms with Crippen molar-refractivity contribution in [2.75, 3.05) is 26.3 Å². The molecule has 3 heterocycles. The van der Waals surface area contributed by atoms with Gasteiger partial charge >= 0.3 is 5.97 Å². The second-order valence-corrected chi connectivity index (χ2v) is 6.11. The summed E-state index contributed by atoms with van der Waals surface area (Å²) in [5.41, 5.74) is 1.76. The molecule has 7 nitrogen and oxygen atoms in total. The van der Waals surface area contributed by atoms with Crippen molar-refractivity contribution in [2.45, 2.75) is 19.4 Å². The first-order valence-electron chi connectivity index (χ1n) is 7.92. The van der Waals surface area contributed by atoms with Gasteiger partial charge in [0.15, 0.2) is 11.5 Å². The lowest BCUT2D eigenvalue weighted by Gasteiger charge is -2.29. The number of ether oxygens (including phenoxy) is 2. The minimum absolute atomic E-state index is 0.276. The fourth-order valence-corrected chi connectivity index (χ4v) is 3.29. The van der Waals surface area contributed by atoms with E-state index < -0.39 is 5.97 Å². The Bertz CT molecular complexity index is 699. The third kappa shape index (κ3) is 2.84. The highest BCUT2D eigenvalue weighted by molar-refractivity contribution is 5.80. The molecule has 1 saturated heterocycles. The number of carbonyl (C=O) groups is 1. The van der Waals surface area contributed by atoms with Crippen LogP contribution in [-0.4, -0.2) is 52.2 Å². The van der Waals surface area contributed by atoms with E-state index in [1.165, 1.54) is 0 Å². The van der Waals surface area contributed by atoms with E-state index >= 15 is 0 Å². The van der Waals surface area contributed by atoms with Gasteiger partial charge in [-0.2, -0.15) is 0 Å². The van der Waals surface area contributed by atoms with E-state index in [2.05, 4.69) is 14.9 Å².